The largest absolute Gasteiger partial charge is 0.250 e. The fourth-order valence-corrected chi connectivity index (χ4v) is 0.893. The molecule has 0 radical (unpaired) electrons. The average Bonchev–Trinajstić information content (AvgIpc) is 2.04. The first-order chi connectivity index (χ1) is 5.27. The maximum Gasteiger partial charge on any atom is 0.195 e. The van der Waals surface area contributed by atoms with Crippen LogP contribution in [-0.2, 0) is 0 Å². The van der Waals surface area contributed by atoms with E-state index in [1.54, 1.807) is 18.2 Å². The molecule has 0 aromatic heterocycles. The lowest BCUT2D eigenvalue weighted by Crippen LogP contribution is -1.64. The molecule has 0 aliphatic rings. The Labute approximate surface area is 70.5 Å². The molecular formula is C8H4N2S. The molecule has 0 saturated carbocycles. The number of nitrogens with zero attached hydrogens (tertiary/aromatic N) is 2. The van der Waals surface area contributed by atoms with Gasteiger partial charge in [-0.15, -0.1) is 12.6 Å². The van der Waals surface area contributed by atoms with Gasteiger partial charge in [-0.25, -0.2) is 0 Å². The Morgan fingerprint density at radius 1 is 1.09 bits per heavy atom. The van der Waals surface area contributed by atoms with Crippen LogP contribution in [0.3, 0.4) is 0 Å². The van der Waals surface area contributed by atoms with Crippen LogP contribution >= 0.6 is 12.6 Å². The monoisotopic (exact) mass is 160 g/mol. The molecule has 11 heavy (non-hydrogen) atoms. The molecular weight excluding hydrogens is 156 g/mol. The van der Waals surface area contributed by atoms with Crippen LogP contribution in [0.15, 0.2) is 23.1 Å². The van der Waals surface area contributed by atoms with Crippen LogP contribution in [0.4, 0.5) is 11.4 Å². The van der Waals surface area contributed by atoms with E-state index in [1.165, 1.54) is 0 Å². The summed E-state index contributed by atoms with van der Waals surface area (Å²) in [6.45, 7) is 13.4. The predicted molar refractivity (Wildman–Crippen MR) is 46.2 cm³/mol. The molecule has 1 aromatic carbocycles. The molecule has 1 rings (SSSR count). The minimum absolute atomic E-state index is 0.368. The molecule has 1 aromatic rings. The molecule has 0 bridgehead atoms. The van der Waals surface area contributed by atoms with Crippen molar-refractivity contribution in [3.63, 3.8) is 0 Å². The second-order valence-electron chi connectivity index (χ2n) is 1.90. The molecule has 52 valence electrons. The second kappa shape index (κ2) is 3.09. The first-order valence-electron chi connectivity index (χ1n) is 2.86. The zero-order chi connectivity index (χ0) is 8.27. The number of rotatable bonds is 0. The van der Waals surface area contributed by atoms with Crippen molar-refractivity contribution in [1.29, 1.82) is 0 Å². The van der Waals surface area contributed by atoms with Gasteiger partial charge in [0, 0.05) is 0 Å². The van der Waals surface area contributed by atoms with Crippen LogP contribution in [0.5, 0.6) is 0 Å². The quantitative estimate of drug-likeness (QED) is 0.441. The Hall–Kier alpha value is -1.45. The summed E-state index contributed by atoms with van der Waals surface area (Å²) in [5, 5.41) is 0. The third kappa shape index (κ3) is 1.52. The zero-order valence-electron chi connectivity index (χ0n) is 5.57. The van der Waals surface area contributed by atoms with E-state index in [-0.39, 0.29) is 0 Å². The van der Waals surface area contributed by atoms with Crippen LogP contribution in [0.2, 0.25) is 0 Å². The fraction of sp³-hybridized carbons (Fsp3) is 0. The van der Waals surface area contributed by atoms with Crippen molar-refractivity contribution in [1.82, 2.24) is 0 Å². The average molecular weight is 160 g/mol. The summed E-state index contributed by atoms with van der Waals surface area (Å²) >= 11 is 4.05. The van der Waals surface area contributed by atoms with E-state index in [0.29, 0.717) is 16.3 Å². The minimum Gasteiger partial charge on any atom is -0.250 e. The molecule has 0 heterocycles. The second-order valence-corrected chi connectivity index (χ2v) is 2.41. The van der Waals surface area contributed by atoms with Gasteiger partial charge in [0.25, 0.3) is 0 Å². The molecule has 0 atom stereocenters. The van der Waals surface area contributed by atoms with Crippen LogP contribution in [0.25, 0.3) is 9.69 Å². The summed E-state index contributed by atoms with van der Waals surface area (Å²) < 4.78 is 0. The third-order valence-corrected chi connectivity index (χ3v) is 1.48. The predicted octanol–water partition coefficient (Wildman–Crippen LogP) is 3.08. The Bertz CT molecular complexity index is 357. The van der Waals surface area contributed by atoms with Crippen LogP contribution in [0.1, 0.15) is 0 Å². The van der Waals surface area contributed by atoms with Crippen molar-refractivity contribution < 1.29 is 0 Å². The summed E-state index contributed by atoms with van der Waals surface area (Å²) in [5.41, 5.74) is 0.755. The van der Waals surface area contributed by atoms with Crippen molar-refractivity contribution >= 4 is 24.0 Å². The summed E-state index contributed by atoms with van der Waals surface area (Å²) in [4.78, 5) is 7.09. The first kappa shape index (κ1) is 7.65. The Balaban J connectivity index is 3.34. The normalized spacial score (nSPS) is 8.27. The summed E-state index contributed by atoms with van der Waals surface area (Å²) in [6.07, 6.45) is 0. The summed E-state index contributed by atoms with van der Waals surface area (Å²) in [7, 11) is 0. The number of hydrogen-bond donors (Lipinski definition) is 1. The van der Waals surface area contributed by atoms with Gasteiger partial charge in [-0.3, -0.25) is 9.69 Å². The summed E-state index contributed by atoms with van der Waals surface area (Å²) in [6, 6.07) is 4.89. The highest BCUT2D eigenvalue weighted by atomic mass is 32.1. The highest BCUT2D eigenvalue weighted by molar-refractivity contribution is 7.80. The van der Waals surface area contributed by atoms with Gasteiger partial charge in [0.15, 0.2) is 11.4 Å². The maximum absolute atomic E-state index is 6.73. The third-order valence-electron chi connectivity index (χ3n) is 1.20. The highest BCUT2D eigenvalue weighted by Gasteiger charge is 2.00. The molecule has 2 nitrogen and oxygen atoms in total. The fourth-order valence-electron chi connectivity index (χ4n) is 0.696. The highest BCUT2D eigenvalue weighted by Crippen LogP contribution is 2.29. The van der Waals surface area contributed by atoms with Gasteiger partial charge in [-0.1, -0.05) is 18.2 Å². The Kier molecular flexibility index (Phi) is 2.15. The van der Waals surface area contributed by atoms with Gasteiger partial charge >= 0.3 is 0 Å². The van der Waals surface area contributed by atoms with Crippen molar-refractivity contribution in [3.05, 3.63) is 41.0 Å². The van der Waals surface area contributed by atoms with E-state index in [4.69, 9.17) is 13.1 Å². The molecule has 0 fully saturated rings. The Morgan fingerprint density at radius 3 is 2.27 bits per heavy atom. The van der Waals surface area contributed by atoms with Crippen LogP contribution < -0.4 is 0 Å². The van der Waals surface area contributed by atoms with Crippen LogP contribution in [-0.4, -0.2) is 0 Å². The minimum atomic E-state index is 0.368. The lowest BCUT2D eigenvalue weighted by molar-refractivity contribution is 1.50. The molecule has 0 N–H and O–H groups in total. The van der Waals surface area contributed by atoms with Gasteiger partial charge < -0.3 is 0 Å². The van der Waals surface area contributed by atoms with Gasteiger partial charge in [-0.2, -0.15) is 0 Å². The Morgan fingerprint density at radius 2 is 1.73 bits per heavy atom. The van der Waals surface area contributed by atoms with Crippen molar-refractivity contribution in [2.45, 2.75) is 4.90 Å². The molecule has 0 aliphatic heterocycles. The van der Waals surface area contributed by atoms with E-state index in [1.807, 2.05) is 0 Å². The first-order valence-corrected chi connectivity index (χ1v) is 3.30. The molecule has 3 heteroatoms. The van der Waals surface area contributed by atoms with Crippen molar-refractivity contribution in [3.8, 4) is 0 Å². The van der Waals surface area contributed by atoms with Crippen molar-refractivity contribution in [2.24, 2.45) is 0 Å². The van der Waals surface area contributed by atoms with Gasteiger partial charge in [0.05, 0.1) is 13.1 Å². The molecule has 0 spiro atoms. The van der Waals surface area contributed by atoms with E-state index in [2.05, 4.69) is 22.3 Å². The zero-order valence-corrected chi connectivity index (χ0v) is 6.47. The van der Waals surface area contributed by atoms with E-state index in [0.717, 1.165) is 0 Å². The van der Waals surface area contributed by atoms with Crippen molar-refractivity contribution in [2.75, 3.05) is 0 Å². The van der Waals surface area contributed by atoms with Gasteiger partial charge in [0.1, 0.15) is 0 Å². The SMILES string of the molecule is [C-]#[N+]c1ccc(S)cc1[N+]#[C-]. The standard InChI is InChI=1S/C8H4N2S/c1-9-7-4-3-6(11)5-8(7)10-2/h3-5,11H. The lowest BCUT2D eigenvalue weighted by atomic mass is 10.3. The molecule has 0 aliphatic carbocycles. The van der Waals surface area contributed by atoms with Gasteiger partial charge in [-0.05, 0) is 4.90 Å². The number of hydrogen-bond acceptors (Lipinski definition) is 1. The van der Waals surface area contributed by atoms with Crippen LogP contribution in [0, 0.1) is 13.1 Å². The maximum atomic E-state index is 6.73. The molecule has 0 saturated heterocycles. The topological polar surface area (TPSA) is 8.72 Å². The number of benzene rings is 1. The van der Waals surface area contributed by atoms with E-state index < -0.39 is 0 Å². The van der Waals surface area contributed by atoms with E-state index >= 15 is 0 Å². The molecule has 0 amide bonds. The molecule has 0 unspecified atom stereocenters. The van der Waals surface area contributed by atoms with E-state index in [9.17, 15) is 0 Å². The smallest absolute Gasteiger partial charge is 0.195 e. The summed E-state index contributed by atoms with van der Waals surface area (Å²) in [5.74, 6) is 0. The lowest BCUT2D eigenvalue weighted by Gasteiger charge is -1.93. The number of thiol groups is 1. The van der Waals surface area contributed by atoms with Gasteiger partial charge in [0.2, 0.25) is 0 Å².